The summed E-state index contributed by atoms with van der Waals surface area (Å²) < 4.78 is 32.9. The van der Waals surface area contributed by atoms with E-state index in [1.165, 1.54) is 36.3 Å². The third kappa shape index (κ3) is 5.19. The van der Waals surface area contributed by atoms with Gasteiger partial charge in [0.15, 0.2) is 0 Å². The van der Waals surface area contributed by atoms with E-state index >= 15 is 0 Å². The molecule has 3 aromatic rings. The number of anilines is 3. The van der Waals surface area contributed by atoms with Crippen molar-refractivity contribution in [3.8, 4) is 5.75 Å². The molecular weight excluding hydrogens is 520 g/mol. The average Bonchev–Trinajstić information content (AvgIpc) is 2.99. The van der Waals surface area contributed by atoms with E-state index in [0.717, 1.165) is 12.8 Å². The molecule has 0 bridgehead atoms. The van der Waals surface area contributed by atoms with Crippen molar-refractivity contribution in [2.45, 2.75) is 54.5 Å². The molecule has 2 amide bonds. The van der Waals surface area contributed by atoms with Crippen molar-refractivity contribution in [2.24, 2.45) is 0 Å². The minimum Gasteiger partial charge on any atom is -0.492 e. The molecule has 0 atom stereocenters. The van der Waals surface area contributed by atoms with Crippen LogP contribution in [-0.4, -0.2) is 56.1 Å². The highest BCUT2D eigenvalue weighted by molar-refractivity contribution is 7.91. The number of nitrogens with zero attached hydrogens (tertiary/aromatic N) is 2. The number of hydrogen-bond acceptors (Lipinski definition) is 8. The predicted octanol–water partition coefficient (Wildman–Crippen LogP) is 3.68. The third-order valence-electron chi connectivity index (χ3n) is 7.05. The van der Waals surface area contributed by atoms with Crippen molar-refractivity contribution < 1.29 is 27.9 Å². The Labute approximate surface area is 226 Å². The van der Waals surface area contributed by atoms with Crippen LogP contribution < -0.4 is 20.3 Å². The molecule has 2 aromatic carbocycles. The molecular formula is C28H30N4O6S. The first-order valence-electron chi connectivity index (χ1n) is 12.8. The standard InChI is InChI=1S/C28H30N4O6S/c1-3-38-23-14-17(27(34)30-18-9-11-19(33)12-10-18)8-13-21(23)31-26-15-25-22(16-29-26)32(2)28(35)20-6-4-5-7-24(20)39(25,36)37/h4-8,13-16,18-19,33H,3,9-12H2,1-2H3,(H,29,31)(H,30,34)/t18-,19-. The summed E-state index contributed by atoms with van der Waals surface area (Å²) in [4.78, 5) is 31.4. The number of aliphatic hydroxyl groups is 1. The largest absolute Gasteiger partial charge is 0.492 e. The Morgan fingerprint density at radius 2 is 1.85 bits per heavy atom. The second-order valence-electron chi connectivity index (χ2n) is 9.65. The summed E-state index contributed by atoms with van der Waals surface area (Å²) in [6, 6.07) is 12.5. The van der Waals surface area contributed by atoms with Crippen molar-refractivity contribution in [3.63, 3.8) is 0 Å². The molecule has 1 aromatic heterocycles. The van der Waals surface area contributed by atoms with Crippen LogP contribution in [0.25, 0.3) is 0 Å². The maximum atomic E-state index is 13.6. The van der Waals surface area contributed by atoms with Crippen LogP contribution in [0.1, 0.15) is 53.3 Å². The van der Waals surface area contributed by atoms with Gasteiger partial charge in [0.25, 0.3) is 11.8 Å². The van der Waals surface area contributed by atoms with Gasteiger partial charge in [-0.25, -0.2) is 13.4 Å². The summed E-state index contributed by atoms with van der Waals surface area (Å²) >= 11 is 0. The van der Waals surface area contributed by atoms with E-state index in [1.807, 2.05) is 6.92 Å². The van der Waals surface area contributed by atoms with E-state index in [1.54, 1.807) is 30.3 Å². The van der Waals surface area contributed by atoms with Crippen LogP contribution in [0, 0.1) is 0 Å². The van der Waals surface area contributed by atoms with E-state index in [-0.39, 0.29) is 44.9 Å². The Balaban J connectivity index is 1.44. The zero-order valence-corrected chi connectivity index (χ0v) is 22.5. The smallest absolute Gasteiger partial charge is 0.259 e. The number of sulfone groups is 1. The normalized spacial score (nSPS) is 19.9. The zero-order chi connectivity index (χ0) is 27.7. The van der Waals surface area contributed by atoms with Crippen molar-refractivity contribution in [3.05, 3.63) is 65.9 Å². The van der Waals surface area contributed by atoms with Gasteiger partial charge in [0, 0.05) is 24.7 Å². The first-order valence-corrected chi connectivity index (χ1v) is 14.3. The van der Waals surface area contributed by atoms with E-state index in [4.69, 9.17) is 4.74 Å². The lowest BCUT2D eigenvalue weighted by molar-refractivity contribution is 0.0867. The van der Waals surface area contributed by atoms with Gasteiger partial charge >= 0.3 is 0 Å². The molecule has 1 saturated carbocycles. The van der Waals surface area contributed by atoms with Crippen LogP contribution >= 0.6 is 0 Å². The molecule has 2 heterocycles. The third-order valence-corrected chi connectivity index (χ3v) is 8.89. The van der Waals surface area contributed by atoms with E-state index in [9.17, 15) is 23.1 Å². The highest BCUT2D eigenvalue weighted by Crippen LogP contribution is 2.38. The lowest BCUT2D eigenvalue weighted by Gasteiger charge is -2.26. The van der Waals surface area contributed by atoms with Gasteiger partial charge in [-0.15, -0.1) is 0 Å². The van der Waals surface area contributed by atoms with Gasteiger partial charge < -0.3 is 25.4 Å². The molecule has 3 N–H and O–H groups in total. The Morgan fingerprint density at radius 1 is 1.10 bits per heavy atom. The molecule has 1 fully saturated rings. The molecule has 10 nitrogen and oxygen atoms in total. The Hall–Kier alpha value is -3.96. The summed E-state index contributed by atoms with van der Waals surface area (Å²) in [5.41, 5.74) is 1.19. The molecule has 0 radical (unpaired) electrons. The summed E-state index contributed by atoms with van der Waals surface area (Å²) in [5.74, 6) is -0.0326. The van der Waals surface area contributed by atoms with E-state index in [0.29, 0.717) is 36.4 Å². The Kier molecular flexibility index (Phi) is 7.28. The lowest BCUT2D eigenvalue weighted by atomic mass is 9.93. The molecule has 5 rings (SSSR count). The van der Waals surface area contributed by atoms with Crippen LogP contribution in [0.15, 0.2) is 64.5 Å². The summed E-state index contributed by atoms with van der Waals surface area (Å²) in [7, 11) is -2.50. The van der Waals surface area contributed by atoms with Gasteiger partial charge in [-0.2, -0.15) is 0 Å². The number of benzene rings is 2. The number of nitrogens with one attached hydrogen (secondary N) is 2. The van der Waals surface area contributed by atoms with Crippen molar-refractivity contribution >= 4 is 38.8 Å². The monoisotopic (exact) mass is 550 g/mol. The fraction of sp³-hybridized carbons (Fsp3) is 0.321. The van der Waals surface area contributed by atoms with Crippen LogP contribution in [0.3, 0.4) is 0 Å². The summed E-state index contributed by atoms with van der Waals surface area (Å²) in [5, 5.41) is 15.8. The summed E-state index contributed by atoms with van der Waals surface area (Å²) in [6.07, 6.45) is 3.82. The number of fused-ring (bicyclic) bond motifs is 2. The van der Waals surface area contributed by atoms with Crippen LogP contribution in [0.4, 0.5) is 17.2 Å². The maximum Gasteiger partial charge on any atom is 0.259 e. The average molecular weight is 551 g/mol. The molecule has 204 valence electrons. The van der Waals surface area contributed by atoms with Crippen molar-refractivity contribution in [1.82, 2.24) is 10.3 Å². The maximum absolute atomic E-state index is 13.6. The number of aliphatic hydroxyl groups excluding tert-OH is 1. The van der Waals surface area contributed by atoms with Crippen molar-refractivity contribution in [2.75, 3.05) is 23.9 Å². The van der Waals surface area contributed by atoms with Crippen LogP contribution in [-0.2, 0) is 9.84 Å². The van der Waals surface area contributed by atoms with Gasteiger partial charge in [0.2, 0.25) is 9.84 Å². The van der Waals surface area contributed by atoms with E-state index < -0.39 is 15.7 Å². The number of ether oxygens (including phenoxy) is 1. The molecule has 39 heavy (non-hydrogen) atoms. The fourth-order valence-electron chi connectivity index (χ4n) is 4.92. The highest BCUT2D eigenvalue weighted by Gasteiger charge is 2.34. The topological polar surface area (TPSA) is 138 Å². The molecule has 0 unspecified atom stereocenters. The van der Waals surface area contributed by atoms with Gasteiger partial charge in [-0.3, -0.25) is 9.59 Å². The predicted molar refractivity (Wildman–Crippen MR) is 145 cm³/mol. The quantitative estimate of drug-likeness (QED) is 0.423. The number of carbonyl (C=O) groups is 2. The molecule has 1 aliphatic carbocycles. The Morgan fingerprint density at radius 3 is 2.59 bits per heavy atom. The minimum absolute atomic E-state index is 0.00937. The van der Waals surface area contributed by atoms with Crippen LogP contribution in [0.2, 0.25) is 0 Å². The molecule has 1 aliphatic heterocycles. The molecule has 0 spiro atoms. The number of aromatic nitrogens is 1. The highest BCUT2D eigenvalue weighted by atomic mass is 32.2. The number of rotatable bonds is 6. The zero-order valence-electron chi connectivity index (χ0n) is 21.7. The van der Waals surface area contributed by atoms with Crippen LogP contribution in [0.5, 0.6) is 5.75 Å². The summed E-state index contributed by atoms with van der Waals surface area (Å²) in [6.45, 7) is 2.16. The number of carbonyl (C=O) groups excluding carboxylic acids is 2. The van der Waals surface area contributed by atoms with Gasteiger partial charge in [0.1, 0.15) is 16.5 Å². The molecule has 11 heteroatoms. The SMILES string of the molecule is CCOc1cc(C(=O)N[C@H]2CC[C@H](O)CC2)ccc1Nc1cc2c(cn1)N(C)C(=O)c1ccccc1S2(=O)=O. The Bertz CT molecular complexity index is 1530. The lowest BCUT2D eigenvalue weighted by Crippen LogP contribution is -2.38. The first-order chi connectivity index (χ1) is 18.7. The van der Waals surface area contributed by atoms with Gasteiger partial charge in [0.05, 0.1) is 40.7 Å². The number of hydrogen-bond donors (Lipinski definition) is 3. The second-order valence-corrected chi connectivity index (χ2v) is 11.5. The number of pyridine rings is 1. The fourth-order valence-corrected chi connectivity index (χ4v) is 6.59. The molecule has 0 saturated heterocycles. The van der Waals surface area contributed by atoms with Gasteiger partial charge in [-0.1, -0.05) is 12.1 Å². The van der Waals surface area contributed by atoms with Gasteiger partial charge in [-0.05, 0) is 62.9 Å². The molecule has 2 aliphatic rings. The minimum atomic E-state index is -4.02. The second kappa shape index (κ2) is 10.7. The number of amides is 2. The van der Waals surface area contributed by atoms with E-state index in [2.05, 4.69) is 15.6 Å². The first kappa shape index (κ1) is 26.6. The van der Waals surface area contributed by atoms with Crippen molar-refractivity contribution in [1.29, 1.82) is 0 Å².